The highest BCUT2D eigenvalue weighted by molar-refractivity contribution is 5.80. The van der Waals surface area contributed by atoms with Crippen molar-refractivity contribution < 1.29 is 23.7 Å². The molecule has 1 atom stereocenters. The quantitative estimate of drug-likeness (QED) is 0.669. The zero-order valence-electron chi connectivity index (χ0n) is 17.2. The van der Waals surface area contributed by atoms with Gasteiger partial charge in [0.15, 0.2) is 11.5 Å². The summed E-state index contributed by atoms with van der Waals surface area (Å²) in [5.74, 6) is 2.60. The van der Waals surface area contributed by atoms with Crippen molar-refractivity contribution in [2.24, 2.45) is 0 Å². The number of carbonyl (C=O) groups excluding carboxylic acids is 1. The zero-order valence-corrected chi connectivity index (χ0v) is 17.2. The van der Waals surface area contributed by atoms with Gasteiger partial charge in [-0.3, -0.25) is 4.79 Å². The Hall–Kier alpha value is -2.89. The van der Waals surface area contributed by atoms with E-state index in [1.807, 2.05) is 51.1 Å². The molecule has 0 radical (unpaired) electrons. The minimum absolute atomic E-state index is 0.0946. The summed E-state index contributed by atoms with van der Waals surface area (Å²) in [5, 5.41) is 3.02. The Morgan fingerprint density at radius 1 is 0.929 bits per heavy atom. The Labute approximate surface area is 166 Å². The molecule has 6 nitrogen and oxygen atoms in total. The van der Waals surface area contributed by atoms with Gasteiger partial charge in [0, 0.05) is 11.6 Å². The Bertz CT molecular complexity index is 790. The lowest BCUT2D eigenvalue weighted by atomic mass is 10.1. The Morgan fingerprint density at radius 3 is 2.29 bits per heavy atom. The predicted octanol–water partition coefficient (Wildman–Crippen LogP) is 3.92. The van der Waals surface area contributed by atoms with E-state index >= 15 is 0 Å². The van der Waals surface area contributed by atoms with E-state index in [9.17, 15) is 4.79 Å². The predicted molar refractivity (Wildman–Crippen MR) is 109 cm³/mol. The summed E-state index contributed by atoms with van der Waals surface area (Å²) in [6.07, 6.45) is 0.215. The van der Waals surface area contributed by atoms with Crippen LogP contribution in [-0.4, -0.2) is 33.3 Å². The Balaban J connectivity index is 2.09. The minimum Gasteiger partial charge on any atom is -0.497 e. The highest BCUT2D eigenvalue weighted by Gasteiger charge is 2.15. The molecular formula is C22H29NO5. The topological polar surface area (TPSA) is 66.0 Å². The smallest absolute Gasteiger partial charge is 0.225 e. The average Bonchev–Trinajstić information content (AvgIpc) is 2.69. The van der Waals surface area contributed by atoms with Gasteiger partial charge in [0.05, 0.1) is 39.9 Å². The third-order valence-electron chi connectivity index (χ3n) is 4.29. The number of rotatable bonds is 10. The molecule has 0 aromatic heterocycles. The van der Waals surface area contributed by atoms with E-state index in [1.54, 1.807) is 20.3 Å². The van der Waals surface area contributed by atoms with Gasteiger partial charge in [0.25, 0.3) is 0 Å². The fraction of sp³-hybridized carbons (Fsp3) is 0.409. The van der Waals surface area contributed by atoms with Gasteiger partial charge in [-0.15, -0.1) is 0 Å². The zero-order chi connectivity index (χ0) is 20.5. The second-order valence-corrected chi connectivity index (χ2v) is 6.22. The largest absolute Gasteiger partial charge is 0.497 e. The fourth-order valence-electron chi connectivity index (χ4n) is 2.88. The number of amides is 1. The second kappa shape index (κ2) is 10.4. The van der Waals surface area contributed by atoms with E-state index in [-0.39, 0.29) is 18.4 Å². The van der Waals surface area contributed by atoms with Crippen molar-refractivity contribution in [3.05, 3.63) is 47.5 Å². The molecule has 0 aliphatic heterocycles. The molecule has 0 saturated carbocycles. The van der Waals surface area contributed by atoms with Gasteiger partial charge in [-0.1, -0.05) is 12.1 Å². The molecule has 28 heavy (non-hydrogen) atoms. The highest BCUT2D eigenvalue weighted by Crippen LogP contribution is 2.31. The molecule has 1 unspecified atom stereocenters. The molecule has 0 aliphatic rings. The van der Waals surface area contributed by atoms with Gasteiger partial charge < -0.3 is 24.3 Å². The van der Waals surface area contributed by atoms with Crippen LogP contribution < -0.4 is 24.3 Å². The Morgan fingerprint density at radius 2 is 1.64 bits per heavy atom. The van der Waals surface area contributed by atoms with Crippen molar-refractivity contribution in [2.45, 2.75) is 33.2 Å². The average molecular weight is 387 g/mol. The van der Waals surface area contributed by atoms with Gasteiger partial charge in [-0.05, 0) is 44.5 Å². The van der Waals surface area contributed by atoms with Crippen LogP contribution in [0, 0.1) is 0 Å². The first-order valence-electron chi connectivity index (χ1n) is 9.42. The van der Waals surface area contributed by atoms with E-state index < -0.39 is 0 Å². The van der Waals surface area contributed by atoms with Crippen LogP contribution in [0.25, 0.3) is 0 Å². The van der Waals surface area contributed by atoms with Crippen molar-refractivity contribution in [3.63, 3.8) is 0 Å². The number of nitrogens with one attached hydrogen (secondary N) is 1. The van der Waals surface area contributed by atoms with Crippen LogP contribution in [-0.2, 0) is 11.2 Å². The monoisotopic (exact) mass is 387 g/mol. The standard InChI is InChI=1S/C22H29NO5/c1-6-27-19-11-9-16(12-21(19)28-7-2)15(3)23-22(24)13-17-8-10-18(25-4)14-20(17)26-5/h8-12,14-15H,6-7,13H2,1-5H3,(H,23,24). The molecule has 0 aliphatic carbocycles. The van der Waals surface area contributed by atoms with Gasteiger partial charge in [0.1, 0.15) is 11.5 Å². The molecule has 2 aromatic rings. The first kappa shape index (κ1) is 21.4. The number of ether oxygens (including phenoxy) is 4. The van der Waals surface area contributed by atoms with Crippen LogP contribution in [0.5, 0.6) is 23.0 Å². The van der Waals surface area contributed by atoms with Gasteiger partial charge in [-0.25, -0.2) is 0 Å². The fourth-order valence-corrected chi connectivity index (χ4v) is 2.88. The minimum atomic E-state index is -0.174. The maximum Gasteiger partial charge on any atom is 0.225 e. The van der Waals surface area contributed by atoms with Crippen LogP contribution in [0.1, 0.15) is 37.9 Å². The molecule has 1 N–H and O–H groups in total. The summed E-state index contributed by atoms with van der Waals surface area (Å²) in [6, 6.07) is 11.0. The summed E-state index contributed by atoms with van der Waals surface area (Å²) in [6.45, 7) is 6.90. The first-order valence-corrected chi connectivity index (χ1v) is 9.42. The van der Waals surface area contributed by atoms with Crippen LogP contribution in [0.4, 0.5) is 0 Å². The van der Waals surface area contributed by atoms with Crippen LogP contribution in [0.3, 0.4) is 0 Å². The number of carbonyl (C=O) groups is 1. The van der Waals surface area contributed by atoms with E-state index in [4.69, 9.17) is 18.9 Å². The lowest BCUT2D eigenvalue weighted by molar-refractivity contribution is -0.121. The van der Waals surface area contributed by atoms with Crippen LogP contribution in [0.15, 0.2) is 36.4 Å². The molecule has 0 saturated heterocycles. The van der Waals surface area contributed by atoms with Crippen molar-refractivity contribution in [1.29, 1.82) is 0 Å². The molecule has 6 heteroatoms. The SMILES string of the molecule is CCOc1ccc(C(C)NC(=O)Cc2ccc(OC)cc2OC)cc1OCC. The molecule has 2 rings (SSSR count). The Kier molecular flexibility index (Phi) is 7.99. The summed E-state index contributed by atoms with van der Waals surface area (Å²) < 4.78 is 21.8. The van der Waals surface area contributed by atoms with E-state index in [0.717, 1.165) is 11.1 Å². The molecule has 0 heterocycles. The maximum absolute atomic E-state index is 12.5. The second-order valence-electron chi connectivity index (χ2n) is 6.22. The van der Waals surface area contributed by atoms with Crippen molar-refractivity contribution in [1.82, 2.24) is 5.32 Å². The highest BCUT2D eigenvalue weighted by atomic mass is 16.5. The summed E-state index contributed by atoms with van der Waals surface area (Å²) in [7, 11) is 3.17. The molecular weight excluding hydrogens is 358 g/mol. The normalized spacial score (nSPS) is 11.5. The third kappa shape index (κ3) is 5.55. The van der Waals surface area contributed by atoms with Gasteiger partial charge in [-0.2, -0.15) is 0 Å². The summed E-state index contributed by atoms with van der Waals surface area (Å²) in [4.78, 5) is 12.5. The van der Waals surface area contributed by atoms with E-state index in [0.29, 0.717) is 36.2 Å². The van der Waals surface area contributed by atoms with Crippen LogP contribution in [0.2, 0.25) is 0 Å². The molecule has 152 valence electrons. The molecule has 0 fully saturated rings. The summed E-state index contributed by atoms with van der Waals surface area (Å²) in [5.41, 5.74) is 1.75. The maximum atomic E-state index is 12.5. The van der Waals surface area contributed by atoms with Crippen LogP contribution >= 0.6 is 0 Å². The van der Waals surface area contributed by atoms with Crippen molar-refractivity contribution >= 4 is 5.91 Å². The number of methoxy groups -OCH3 is 2. The number of hydrogen-bond donors (Lipinski definition) is 1. The van der Waals surface area contributed by atoms with E-state index in [1.165, 1.54) is 0 Å². The molecule has 0 spiro atoms. The van der Waals surface area contributed by atoms with Crippen molar-refractivity contribution in [3.8, 4) is 23.0 Å². The van der Waals surface area contributed by atoms with E-state index in [2.05, 4.69) is 5.32 Å². The molecule has 0 bridgehead atoms. The number of benzene rings is 2. The summed E-state index contributed by atoms with van der Waals surface area (Å²) >= 11 is 0. The molecule has 1 amide bonds. The van der Waals surface area contributed by atoms with Crippen molar-refractivity contribution in [2.75, 3.05) is 27.4 Å². The lowest BCUT2D eigenvalue weighted by Crippen LogP contribution is -2.28. The van der Waals surface area contributed by atoms with Gasteiger partial charge >= 0.3 is 0 Å². The van der Waals surface area contributed by atoms with Gasteiger partial charge in [0.2, 0.25) is 5.91 Å². The lowest BCUT2D eigenvalue weighted by Gasteiger charge is -2.18. The molecule has 2 aromatic carbocycles. The number of hydrogen-bond acceptors (Lipinski definition) is 5. The first-order chi connectivity index (χ1) is 13.5. The third-order valence-corrected chi connectivity index (χ3v) is 4.29.